The maximum absolute atomic E-state index is 14.4. The quantitative estimate of drug-likeness (QED) is 0.463. The van der Waals surface area contributed by atoms with Crippen LogP contribution in [0.1, 0.15) is 24.5 Å². The second-order valence-electron chi connectivity index (χ2n) is 8.28. The number of aromatic amines is 1. The van der Waals surface area contributed by atoms with Crippen LogP contribution in [0.3, 0.4) is 0 Å². The van der Waals surface area contributed by atoms with E-state index in [2.05, 4.69) is 20.2 Å². The van der Waals surface area contributed by atoms with E-state index in [0.717, 1.165) is 24.9 Å². The first-order chi connectivity index (χ1) is 15.9. The van der Waals surface area contributed by atoms with Crippen LogP contribution >= 0.6 is 0 Å². The van der Waals surface area contributed by atoms with Crippen LogP contribution in [0.5, 0.6) is 0 Å². The summed E-state index contributed by atoms with van der Waals surface area (Å²) in [6, 6.07) is 6.26. The number of aromatic nitrogens is 5. The van der Waals surface area contributed by atoms with Crippen LogP contribution in [0.4, 0.5) is 10.1 Å². The number of benzene rings is 1. The molecule has 3 aromatic heterocycles. The van der Waals surface area contributed by atoms with Crippen LogP contribution in [0.2, 0.25) is 0 Å². The second-order valence-corrected chi connectivity index (χ2v) is 8.28. The Hall–Kier alpha value is -4.02. The van der Waals surface area contributed by atoms with Crippen molar-refractivity contribution in [1.82, 2.24) is 29.6 Å². The molecule has 11 heteroatoms. The van der Waals surface area contributed by atoms with E-state index in [-0.39, 0.29) is 23.2 Å². The predicted molar refractivity (Wildman–Crippen MR) is 118 cm³/mol. The second kappa shape index (κ2) is 8.15. The van der Waals surface area contributed by atoms with Gasteiger partial charge in [0.2, 0.25) is 12.2 Å². The number of anilines is 1. The molecule has 10 nitrogen and oxygen atoms in total. The van der Waals surface area contributed by atoms with Crippen LogP contribution in [-0.4, -0.2) is 63.2 Å². The highest BCUT2D eigenvalue weighted by Crippen LogP contribution is 2.30. The van der Waals surface area contributed by atoms with E-state index in [9.17, 15) is 14.0 Å². The Morgan fingerprint density at radius 2 is 2.03 bits per heavy atom. The molecule has 1 amide bonds. The predicted octanol–water partition coefficient (Wildman–Crippen LogP) is 2.28. The highest BCUT2D eigenvalue weighted by Gasteiger charge is 2.25. The molecule has 1 aromatic carbocycles. The van der Waals surface area contributed by atoms with Crippen molar-refractivity contribution in [1.29, 1.82) is 0 Å². The van der Waals surface area contributed by atoms with Gasteiger partial charge in [-0.15, -0.1) is 0 Å². The lowest BCUT2D eigenvalue weighted by molar-refractivity contribution is -0.119. The Balaban J connectivity index is 1.50. The van der Waals surface area contributed by atoms with Gasteiger partial charge in [-0.3, -0.25) is 9.59 Å². The molecule has 5 rings (SSSR count). The number of carbonyl (C=O) groups excluding carboxylic acids is 1. The first kappa shape index (κ1) is 20.9. The lowest BCUT2D eigenvalue weighted by Gasteiger charge is -2.29. The van der Waals surface area contributed by atoms with Gasteiger partial charge in [0.05, 0.1) is 17.6 Å². The Morgan fingerprint density at radius 3 is 2.73 bits per heavy atom. The summed E-state index contributed by atoms with van der Waals surface area (Å²) in [6.45, 7) is 1.26. The number of nitrogens with zero attached hydrogens (tertiary/aromatic N) is 6. The van der Waals surface area contributed by atoms with Crippen molar-refractivity contribution in [2.75, 3.05) is 32.1 Å². The van der Waals surface area contributed by atoms with Crippen LogP contribution in [0.25, 0.3) is 28.5 Å². The molecular weight excluding hydrogens is 429 g/mol. The van der Waals surface area contributed by atoms with Crippen molar-refractivity contribution in [2.24, 2.45) is 0 Å². The Kier molecular flexibility index (Phi) is 5.15. The molecular formula is C22H22FN7O3. The highest BCUT2D eigenvalue weighted by molar-refractivity contribution is 5.72. The number of likely N-dealkylation sites (tertiary alicyclic amines) is 1. The topological polar surface area (TPSA) is 113 Å². The van der Waals surface area contributed by atoms with Crippen LogP contribution in [0.15, 0.2) is 39.8 Å². The van der Waals surface area contributed by atoms with Crippen LogP contribution in [0, 0.1) is 5.82 Å². The smallest absolute Gasteiger partial charge is 0.263 e. The van der Waals surface area contributed by atoms with Crippen molar-refractivity contribution in [3.05, 3.63) is 52.3 Å². The molecule has 1 aliphatic heterocycles. The lowest BCUT2D eigenvalue weighted by atomic mass is 9.93. The number of carbonyl (C=O) groups is 1. The molecule has 0 saturated carbocycles. The maximum Gasteiger partial charge on any atom is 0.263 e. The van der Waals surface area contributed by atoms with Crippen molar-refractivity contribution in [3.63, 3.8) is 0 Å². The normalized spacial score (nSPS) is 14.7. The fraction of sp³-hybridized carbons (Fsp3) is 0.318. The molecule has 33 heavy (non-hydrogen) atoms. The standard InChI is InChI=1S/C22H22FN7O3/c1-28(2)17-4-3-14(9-16(17)23)20-26-22(33-27-20)15-11-24-30-18(10-19(32)25-21(15)30)13-5-7-29(12-31)8-6-13/h3-4,9-13H,5-8H2,1-2H3,(H,25,32). The van der Waals surface area contributed by atoms with Gasteiger partial charge in [0, 0.05) is 44.7 Å². The molecule has 0 bridgehead atoms. The van der Waals surface area contributed by atoms with Crippen molar-refractivity contribution in [3.8, 4) is 22.8 Å². The van der Waals surface area contributed by atoms with E-state index >= 15 is 0 Å². The SMILES string of the molecule is CN(C)c1ccc(-c2noc(-c3cnn4c(C5CCN(C=O)CC5)cc(=O)[nH]c34)n2)cc1F. The number of piperidine rings is 1. The molecule has 1 saturated heterocycles. The van der Waals surface area contributed by atoms with Gasteiger partial charge in [0.25, 0.3) is 11.4 Å². The monoisotopic (exact) mass is 451 g/mol. The molecule has 0 aliphatic carbocycles. The number of amides is 1. The van der Waals surface area contributed by atoms with Gasteiger partial charge in [-0.05, 0) is 31.0 Å². The first-order valence-electron chi connectivity index (χ1n) is 10.6. The number of fused-ring (bicyclic) bond motifs is 1. The summed E-state index contributed by atoms with van der Waals surface area (Å²) in [4.78, 5) is 34.0. The summed E-state index contributed by atoms with van der Waals surface area (Å²) < 4.78 is 21.5. The van der Waals surface area contributed by atoms with Crippen LogP contribution in [-0.2, 0) is 4.79 Å². The number of hydrogen-bond donors (Lipinski definition) is 1. The summed E-state index contributed by atoms with van der Waals surface area (Å²) in [6.07, 6.45) is 3.89. The third-order valence-corrected chi connectivity index (χ3v) is 5.98. The zero-order chi connectivity index (χ0) is 23.1. The summed E-state index contributed by atoms with van der Waals surface area (Å²) in [5.74, 6) is 0.0959. The average Bonchev–Trinajstić information content (AvgIpc) is 3.45. The average molecular weight is 451 g/mol. The van der Waals surface area contributed by atoms with E-state index in [1.165, 1.54) is 6.07 Å². The van der Waals surface area contributed by atoms with Gasteiger partial charge < -0.3 is 19.3 Å². The van der Waals surface area contributed by atoms with Gasteiger partial charge in [0.1, 0.15) is 17.0 Å². The minimum atomic E-state index is -0.394. The molecule has 0 radical (unpaired) electrons. The molecule has 0 unspecified atom stereocenters. The molecule has 4 heterocycles. The maximum atomic E-state index is 14.4. The zero-order valence-electron chi connectivity index (χ0n) is 18.2. The van der Waals surface area contributed by atoms with Gasteiger partial charge in [-0.2, -0.15) is 10.1 Å². The van der Waals surface area contributed by atoms with Crippen molar-refractivity contribution in [2.45, 2.75) is 18.8 Å². The molecule has 1 fully saturated rings. The zero-order valence-corrected chi connectivity index (χ0v) is 18.2. The minimum Gasteiger partial charge on any atom is -0.375 e. The minimum absolute atomic E-state index is 0.0928. The molecule has 1 aliphatic rings. The van der Waals surface area contributed by atoms with Gasteiger partial charge in [-0.1, -0.05) is 5.16 Å². The highest BCUT2D eigenvalue weighted by atomic mass is 19.1. The van der Waals surface area contributed by atoms with Crippen molar-refractivity contribution >= 4 is 17.7 Å². The summed E-state index contributed by atoms with van der Waals surface area (Å²) >= 11 is 0. The largest absolute Gasteiger partial charge is 0.375 e. The third-order valence-electron chi connectivity index (χ3n) is 5.98. The van der Waals surface area contributed by atoms with E-state index in [1.54, 1.807) is 52.8 Å². The Labute approximate surface area is 187 Å². The molecule has 0 spiro atoms. The molecule has 1 N–H and O–H groups in total. The Morgan fingerprint density at radius 1 is 1.24 bits per heavy atom. The molecule has 4 aromatic rings. The first-order valence-corrected chi connectivity index (χ1v) is 10.6. The third kappa shape index (κ3) is 3.75. The summed E-state index contributed by atoms with van der Waals surface area (Å²) in [7, 11) is 3.52. The van der Waals surface area contributed by atoms with E-state index in [4.69, 9.17) is 4.52 Å². The van der Waals surface area contributed by atoms with Gasteiger partial charge >= 0.3 is 0 Å². The van der Waals surface area contributed by atoms with E-state index in [1.807, 2.05) is 0 Å². The van der Waals surface area contributed by atoms with Gasteiger partial charge in [-0.25, -0.2) is 8.91 Å². The molecule has 170 valence electrons. The number of nitrogens with one attached hydrogen (secondary N) is 1. The van der Waals surface area contributed by atoms with Crippen molar-refractivity contribution < 1.29 is 13.7 Å². The molecule has 0 atom stereocenters. The fourth-order valence-electron chi connectivity index (χ4n) is 4.22. The summed E-state index contributed by atoms with van der Waals surface area (Å²) in [5.41, 5.74) is 2.35. The van der Waals surface area contributed by atoms with Crippen LogP contribution < -0.4 is 10.5 Å². The Bertz CT molecular complexity index is 1380. The number of rotatable bonds is 5. The van der Waals surface area contributed by atoms with E-state index < -0.39 is 5.82 Å². The van der Waals surface area contributed by atoms with E-state index in [0.29, 0.717) is 35.6 Å². The lowest BCUT2D eigenvalue weighted by Crippen LogP contribution is -2.32. The number of halogens is 1. The number of hydrogen-bond acceptors (Lipinski definition) is 7. The van der Waals surface area contributed by atoms with Gasteiger partial charge in [0.15, 0.2) is 0 Å². The fourth-order valence-corrected chi connectivity index (χ4v) is 4.22. The summed E-state index contributed by atoms with van der Waals surface area (Å²) in [5, 5.41) is 8.43. The number of H-pyrrole nitrogens is 1.